The van der Waals surface area contributed by atoms with Gasteiger partial charge in [-0.25, -0.2) is 14.8 Å². The first-order valence-corrected chi connectivity index (χ1v) is 16.2. The van der Waals surface area contributed by atoms with Crippen molar-refractivity contribution in [3.63, 3.8) is 0 Å². The van der Waals surface area contributed by atoms with Gasteiger partial charge in [0.2, 0.25) is 11.6 Å². The van der Waals surface area contributed by atoms with Gasteiger partial charge in [-0.2, -0.15) is 26.3 Å². The van der Waals surface area contributed by atoms with Gasteiger partial charge in [0.1, 0.15) is 5.60 Å². The van der Waals surface area contributed by atoms with Crippen molar-refractivity contribution in [2.45, 2.75) is 64.9 Å². The van der Waals surface area contributed by atoms with Gasteiger partial charge in [-0.15, -0.1) is 0 Å². The molecule has 6 rings (SSSR count). The topological polar surface area (TPSA) is 77.2 Å². The van der Waals surface area contributed by atoms with E-state index in [4.69, 9.17) is 51.1 Å². The summed E-state index contributed by atoms with van der Waals surface area (Å²) in [6.07, 6.45) is -9.75. The number of alkyl halides is 6. The molecule has 0 atom stereocenters. The monoisotopic (exact) mass is 770 g/mol. The molecule has 0 unspecified atom stereocenters. The average molecular weight is 772 g/mol. The van der Waals surface area contributed by atoms with Crippen LogP contribution in [0.2, 0.25) is 20.1 Å². The van der Waals surface area contributed by atoms with E-state index in [0.717, 1.165) is 4.57 Å². The number of hydrogen-bond acceptors (Lipinski definition) is 5. The average Bonchev–Trinajstić information content (AvgIpc) is 3.59. The van der Waals surface area contributed by atoms with E-state index in [1.807, 2.05) is 0 Å². The lowest BCUT2D eigenvalue weighted by Gasteiger charge is -2.31. The summed E-state index contributed by atoms with van der Waals surface area (Å²) in [5.41, 5.74) is 0.943. The van der Waals surface area contributed by atoms with Gasteiger partial charge in [-0.3, -0.25) is 0 Å². The lowest BCUT2D eigenvalue weighted by molar-refractivity contribution is -0.148. The molecule has 49 heavy (non-hydrogen) atoms. The van der Waals surface area contributed by atoms with Crippen molar-refractivity contribution in [1.82, 2.24) is 29.3 Å². The number of nitrogens with one attached hydrogen (secondary N) is 1. The lowest BCUT2D eigenvalue weighted by Crippen LogP contribution is -2.42. The molecule has 2 aliphatic rings. The molecule has 0 radical (unpaired) electrons. The van der Waals surface area contributed by atoms with Gasteiger partial charge < -0.3 is 24.1 Å². The fourth-order valence-corrected chi connectivity index (χ4v) is 6.17. The molecule has 264 valence electrons. The minimum absolute atomic E-state index is 0.0492. The SMILES string of the molecule is CC(C)(C)OC(=O)N1CCn2c(C(F)(F)F)nc(-c3cccc(Cl)c3Cl)c2C1.FC(F)(F)c1nc(-c2cccc(Cl)c2Cl)c2n1CCNC2. The van der Waals surface area contributed by atoms with E-state index in [1.54, 1.807) is 51.1 Å². The van der Waals surface area contributed by atoms with Gasteiger partial charge in [-0.05, 0) is 32.9 Å². The van der Waals surface area contributed by atoms with E-state index in [2.05, 4.69) is 15.3 Å². The molecular formula is C31H28Cl4F6N6O2. The third-order valence-corrected chi connectivity index (χ3v) is 9.09. The molecule has 0 saturated heterocycles. The molecule has 18 heteroatoms. The molecule has 2 aromatic heterocycles. The summed E-state index contributed by atoms with van der Waals surface area (Å²) in [4.78, 5) is 21.4. The molecule has 0 spiro atoms. The third kappa shape index (κ3) is 7.93. The van der Waals surface area contributed by atoms with E-state index in [1.165, 1.54) is 15.5 Å². The minimum atomic E-state index is -4.65. The Balaban J connectivity index is 0.000000199. The highest BCUT2D eigenvalue weighted by Crippen LogP contribution is 2.41. The van der Waals surface area contributed by atoms with Crippen LogP contribution in [0, 0.1) is 0 Å². The smallest absolute Gasteiger partial charge is 0.444 e. The van der Waals surface area contributed by atoms with Crippen LogP contribution in [0.25, 0.3) is 22.5 Å². The molecule has 2 aliphatic heterocycles. The second kappa shape index (κ2) is 13.9. The van der Waals surface area contributed by atoms with Gasteiger partial charge in [-0.1, -0.05) is 70.7 Å². The van der Waals surface area contributed by atoms with E-state index < -0.39 is 35.7 Å². The van der Waals surface area contributed by atoms with Crippen LogP contribution in [-0.2, 0) is 43.3 Å². The molecule has 4 heterocycles. The van der Waals surface area contributed by atoms with Crippen LogP contribution in [0.5, 0.6) is 0 Å². The number of fused-ring (bicyclic) bond motifs is 2. The standard InChI is InChI=1S/C18H18Cl2F3N3O2.C13H10Cl2F3N3/c1-17(2,3)28-16(27)25-7-8-26-12(9-25)14(24-15(26)18(21,22)23)10-5-4-6-11(19)13(10)20;14-8-3-1-2-7(10(8)15)11-9-6-19-4-5-21(9)12(20-11)13(16,17)18/h4-6H,7-9H2,1-3H3;1-3,19H,4-6H2. The maximum absolute atomic E-state index is 13.5. The molecule has 2 aromatic carbocycles. The van der Waals surface area contributed by atoms with Crippen molar-refractivity contribution in [3.05, 3.63) is 79.5 Å². The van der Waals surface area contributed by atoms with Gasteiger partial charge in [0.15, 0.2) is 0 Å². The summed E-state index contributed by atoms with van der Waals surface area (Å²) in [7, 11) is 0. The maximum Gasteiger partial charge on any atom is 0.449 e. The Morgan fingerprint density at radius 3 is 1.73 bits per heavy atom. The minimum Gasteiger partial charge on any atom is -0.444 e. The Morgan fingerprint density at radius 2 is 1.24 bits per heavy atom. The Labute approximate surface area is 296 Å². The van der Waals surface area contributed by atoms with Crippen molar-refractivity contribution >= 4 is 52.5 Å². The van der Waals surface area contributed by atoms with Crippen molar-refractivity contribution in [2.24, 2.45) is 0 Å². The normalized spacial score (nSPS) is 14.9. The number of amides is 1. The van der Waals surface area contributed by atoms with Gasteiger partial charge in [0.25, 0.3) is 0 Å². The summed E-state index contributed by atoms with van der Waals surface area (Å²) in [6, 6.07) is 9.50. The first-order valence-electron chi connectivity index (χ1n) is 14.7. The van der Waals surface area contributed by atoms with Crippen LogP contribution in [0.15, 0.2) is 36.4 Å². The zero-order valence-electron chi connectivity index (χ0n) is 26.0. The molecule has 1 amide bonds. The highest BCUT2D eigenvalue weighted by Gasteiger charge is 2.42. The molecule has 0 aliphatic carbocycles. The summed E-state index contributed by atoms with van der Waals surface area (Å²) in [5.74, 6) is -1.93. The number of nitrogens with zero attached hydrogens (tertiary/aromatic N) is 5. The van der Waals surface area contributed by atoms with Crippen LogP contribution < -0.4 is 5.32 Å². The van der Waals surface area contributed by atoms with Crippen molar-refractivity contribution in [2.75, 3.05) is 13.1 Å². The van der Waals surface area contributed by atoms with Gasteiger partial charge in [0, 0.05) is 43.9 Å². The molecule has 0 bridgehead atoms. The second-order valence-corrected chi connectivity index (χ2v) is 13.6. The number of ether oxygens (including phenoxy) is 1. The quantitative estimate of drug-likeness (QED) is 0.206. The van der Waals surface area contributed by atoms with Crippen LogP contribution in [-0.4, -0.2) is 48.8 Å². The zero-order valence-corrected chi connectivity index (χ0v) is 29.1. The summed E-state index contributed by atoms with van der Waals surface area (Å²) in [6.45, 7) is 6.08. The molecule has 0 fully saturated rings. The van der Waals surface area contributed by atoms with E-state index in [9.17, 15) is 31.1 Å². The van der Waals surface area contributed by atoms with E-state index in [-0.39, 0.29) is 68.9 Å². The molecular weight excluding hydrogens is 744 g/mol. The summed E-state index contributed by atoms with van der Waals surface area (Å²) >= 11 is 24.3. The number of carbonyl (C=O) groups is 1. The predicted molar refractivity (Wildman–Crippen MR) is 174 cm³/mol. The lowest BCUT2D eigenvalue weighted by atomic mass is 10.1. The second-order valence-electron chi connectivity index (χ2n) is 12.0. The highest BCUT2D eigenvalue weighted by atomic mass is 35.5. The maximum atomic E-state index is 13.5. The fraction of sp³-hybridized carbons (Fsp3) is 0.387. The van der Waals surface area contributed by atoms with Crippen molar-refractivity contribution < 1.29 is 35.9 Å². The first-order chi connectivity index (χ1) is 22.8. The van der Waals surface area contributed by atoms with Crippen molar-refractivity contribution in [1.29, 1.82) is 0 Å². The molecule has 0 saturated carbocycles. The number of benzene rings is 2. The third-order valence-electron chi connectivity index (χ3n) is 7.46. The van der Waals surface area contributed by atoms with E-state index >= 15 is 0 Å². The molecule has 8 nitrogen and oxygen atoms in total. The Bertz CT molecular complexity index is 1880. The summed E-state index contributed by atoms with van der Waals surface area (Å²) < 4.78 is 87.5. The largest absolute Gasteiger partial charge is 0.449 e. The number of hydrogen-bond donors (Lipinski definition) is 1. The molecule has 1 N–H and O–H groups in total. The first kappa shape index (κ1) is 37.1. The Hall–Kier alpha value is -3.17. The van der Waals surface area contributed by atoms with Crippen LogP contribution in [0.1, 0.15) is 43.8 Å². The van der Waals surface area contributed by atoms with Crippen LogP contribution in [0.4, 0.5) is 31.1 Å². The fourth-order valence-electron chi connectivity index (χ4n) is 5.39. The van der Waals surface area contributed by atoms with Crippen molar-refractivity contribution in [3.8, 4) is 22.5 Å². The highest BCUT2D eigenvalue weighted by molar-refractivity contribution is 6.44. The number of aromatic nitrogens is 4. The van der Waals surface area contributed by atoms with E-state index in [0.29, 0.717) is 24.3 Å². The zero-order chi connectivity index (χ0) is 36.1. The number of imidazole rings is 2. The predicted octanol–water partition coefficient (Wildman–Crippen LogP) is 9.61. The Kier molecular flexibility index (Phi) is 10.5. The van der Waals surface area contributed by atoms with Gasteiger partial charge in [0.05, 0.1) is 49.4 Å². The number of rotatable bonds is 2. The number of halogens is 10. The Morgan fingerprint density at radius 1 is 0.755 bits per heavy atom. The van der Waals surface area contributed by atoms with Gasteiger partial charge >= 0.3 is 18.4 Å². The van der Waals surface area contributed by atoms with Crippen LogP contribution >= 0.6 is 46.4 Å². The summed E-state index contributed by atoms with van der Waals surface area (Å²) in [5, 5.41) is 3.85. The van der Waals surface area contributed by atoms with Crippen LogP contribution in [0.3, 0.4) is 0 Å². The number of carbonyl (C=O) groups excluding carboxylic acids is 1. The molecule has 4 aromatic rings.